The molecular weight excluding hydrogens is 386 g/mol. The molecule has 0 radical (unpaired) electrons. The molecule has 1 heterocycles. The minimum atomic E-state index is -0.379. The molecule has 0 aliphatic carbocycles. The summed E-state index contributed by atoms with van der Waals surface area (Å²) in [5.41, 5.74) is 7.64. The number of rotatable bonds is 2. The summed E-state index contributed by atoms with van der Waals surface area (Å²) in [7, 11) is 0. The van der Waals surface area contributed by atoms with Crippen molar-refractivity contribution >= 4 is 40.8 Å². The largest absolute Gasteiger partial charge is 0.427 e. The second kappa shape index (κ2) is 7.80. The number of nitrogens with one attached hydrogen (secondary N) is 1. The van der Waals surface area contributed by atoms with Crippen LogP contribution in [-0.4, -0.2) is 11.9 Å². The first-order valence-corrected chi connectivity index (χ1v) is 9.35. The van der Waals surface area contributed by atoms with Gasteiger partial charge in [0.15, 0.2) is 0 Å². The Hall–Kier alpha value is -3.59. The molecule has 142 valence electrons. The van der Waals surface area contributed by atoms with E-state index in [1.54, 1.807) is 42.5 Å². The molecule has 0 unspecified atom stereocenters. The maximum Gasteiger partial charge on any atom is 0.308 e. The molecule has 1 N–H and O–H groups in total. The van der Waals surface area contributed by atoms with Crippen LogP contribution in [0.3, 0.4) is 0 Å². The van der Waals surface area contributed by atoms with Crippen LogP contribution < -0.4 is 10.1 Å². The zero-order chi connectivity index (χ0) is 20.4. The van der Waals surface area contributed by atoms with Gasteiger partial charge in [-0.15, -0.1) is 5.73 Å². The van der Waals surface area contributed by atoms with Gasteiger partial charge in [0, 0.05) is 39.9 Å². The molecule has 0 fully saturated rings. The maximum atomic E-state index is 12.7. The second-order valence-electron chi connectivity index (χ2n) is 6.52. The molecule has 29 heavy (non-hydrogen) atoms. The summed E-state index contributed by atoms with van der Waals surface area (Å²) in [6.07, 6.45) is 1.79. The highest BCUT2D eigenvalue weighted by Gasteiger charge is 2.22. The molecule has 1 amide bonds. The number of carbonyl (C=O) groups excluding carboxylic acids is 2. The summed E-state index contributed by atoms with van der Waals surface area (Å²) < 4.78 is 5.14. The van der Waals surface area contributed by atoms with Gasteiger partial charge in [0.05, 0.1) is 0 Å². The van der Waals surface area contributed by atoms with Gasteiger partial charge in [-0.05, 0) is 48.0 Å². The minimum absolute atomic E-state index is 0.183. The van der Waals surface area contributed by atoms with E-state index in [1.807, 2.05) is 30.3 Å². The van der Waals surface area contributed by atoms with E-state index in [-0.39, 0.29) is 11.9 Å². The zero-order valence-electron chi connectivity index (χ0n) is 15.5. The fourth-order valence-corrected chi connectivity index (χ4v) is 3.38. The number of amides is 1. The molecule has 0 saturated heterocycles. The van der Waals surface area contributed by atoms with Crippen LogP contribution in [0.15, 0.2) is 72.5 Å². The fourth-order valence-electron chi connectivity index (χ4n) is 3.21. The number of benzene rings is 3. The molecule has 4 rings (SSSR count). The zero-order valence-corrected chi connectivity index (χ0v) is 16.3. The van der Waals surface area contributed by atoms with Crippen molar-refractivity contribution in [2.75, 3.05) is 5.32 Å². The number of ether oxygens (including phenoxy) is 1. The van der Waals surface area contributed by atoms with E-state index in [1.165, 1.54) is 6.92 Å². The number of hydrogen-bond acceptors (Lipinski definition) is 3. The number of carbonyl (C=O) groups is 2. The lowest BCUT2D eigenvalue weighted by atomic mass is 9.94. The number of halogens is 1. The highest BCUT2D eigenvalue weighted by Crippen LogP contribution is 2.36. The fraction of sp³-hybridized carbons (Fsp3) is 0.0417. The number of hydrogen-bond donors (Lipinski definition) is 1. The van der Waals surface area contributed by atoms with Crippen LogP contribution in [-0.2, 0) is 4.79 Å². The van der Waals surface area contributed by atoms with E-state index < -0.39 is 0 Å². The SMILES string of the molecule is CC(=O)Oc1cccc(C=C=C2c3cc(Cl)ccc3NC(=O)c3ccccc32)c1. The van der Waals surface area contributed by atoms with Crippen molar-refractivity contribution in [1.82, 2.24) is 0 Å². The Morgan fingerprint density at radius 2 is 1.79 bits per heavy atom. The Morgan fingerprint density at radius 3 is 2.59 bits per heavy atom. The minimum Gasteiger partial charge on any atom is -0.427 e. The quantitative estimate of drug-likeness (QED) is 0.346. The number of anilines is 1. The molecule has 5 heteroatoms. The van der Waals surface area contributed by atoms with Crippen LogP contribution in [0.25, 0.3) is 11.6 Å². The predicted molar refractivity (Wildman–Crippen MR) is 114 cm³/mol. The first-order chi connectivity index (χ1) is 14.0. The molecule has 3 aromatic carbocycles. The van der Waals surface area contributed by atoms with Crippen molar-refractivity contribution in [2.24, 2.45) is 0 Å². The standard InChI is InChI=1S/C24H16ClNO3/c1-15(27)29-18-6-4-5-16(13-18)9-11-20-19-7-2-3-8-21(19)24(28)26-23-12-10-17(25)14-22(20)23/h2-10,12-14H,1H3,(H,26,28). The third kappa shape index (κ3) is 3.99. The van der Waals surface area contributed by atoms with Gasteiger partial charge in [0.25, 0.3) is 5.91 Å². The van der Waals surface area contributed by atoms with Gasteiger partial charge >= 0.3 is 5.97 Å². The topological polar surface area (TPSA) is 55.4 Å². The predicted octanol–water partition coefficient (Wildman–Crippen LogP) is 5.58. The van der Waals surface area contributed by atoms with Crippen molar-refractivity contribution in [2.45, 2.75) is 6.92 Å². The summed E-state index contributed by atoms with van der Waals surface area (Å²) in [4.78, 5) is 23.9. The maximum absolute atomic E-state index is 12.7. The lowest BCUT2D eigenvalue weighted by Gasteiger charge is -2.09. The van der Waals surface area contributed by atoms with E-state index in [4.69, 9.17) is 16.3 Å². The molecule has 3 aromatic rings. The average Bonchev–Trinajstić information content (AvgIpc) is 2.81. The van der Waals surface area contributed by atoms with Gasteiger partial charge in [-0.1, -0.05) is 41.9 Å². The molecule has 0 bridgehead atoms. The third-order valence-electron chi connectivity index (χ3n) is 4.44. The smallest absolute Gasteiger partial charge is 0.308 e. The first kappa shape index (κ1) is 18.8. The van der Waals surface area contributed by atoms with Crippen molar-refractivity contribution in [1.29, 1.82) is 0 Å². The average molecular weight is 402 g/mol. The monoisotopic (exact) mass is 401 g/mol. The van der Waals surface area contributed by atoms with Crippen LogP contribution in [0.2, 0.25) is 5.02 Å². The molecule has 1 aliphatic rings. The first-order valence-electron chi connectivity index (χ1n) is 8.97. The van der Waals surface area contributed by atoms with E-state index in [2.05, 4.69) is 11.0 Å². The molecule has 0 aromatic heterocycles. The molecule has 0 saturated carbocycles. The molecular formula is C24H16ClNO3. The Morgan fingerprint density at radius 1 is 1.00 bits per heavy atom. The van der Waals surface area contributed by atoms with Crippen LogP contribution in [0.5, 0.6) is 5.75 Å². The highest BCUT2D eigenvalue weighted by atomic mass is 35.5. The summed E-state index contributed by atoms with van der Waals surface area (Å²) in [5, 5.41) is 3.50. The number of fused-ring (bicyclic) bond motifs is 2. The number of esters is 1. The molecule has 1 aliphatic heterocycles. The van der Waals surface area contributed by atoms with E-state index in [0.29, 0.717) is 22.0 Å². The van der Waals surface area contributed by atoms with E-state index >= 15 is 0 Å². The van der Waals surface area contributed by atoms with E-state index in [0.717, 1.165) is 22.3 Å². The molecule has 0 spiro atoms. The van der Waals surface area contributed by atoms with Crippen molar-refractivity contribution in [3.05, 3.63) is 99.7 Å². The Bertz CT molecular complexity index is 1210. The lowest BCUT2D eigenvalue weighted by molar-refractivity contribution is -0.131. The van der Waals surface area contributed by atoms with Crippen LogP contribution >= 0.6 is 11.6 Å². The van der Waals surface area contributed by atoms with Gasteiger partial charge in [-0.3, -0.25) is 9.59 Å². The van der Waals surface area contributed by atoms with Crippen molar-refractivity contribution in [3.8, 4) is 5.75 Å². The van der Waals surface area contributed by atoms with Crippen molar-refractivity contribution < 1.29 is 14.3 Å². The van der Waals surface area contributed by atoms with Crippen LogP contribution in [0, 0.1) is 0 Å². The van der Waals surface area contributed by atoms with Gasteiger partial charge in [-0.25, -0.2) is 0 Å². The van der Waals surface area contributed by atoms with E-state index in [9.17, 15) is 9.59 Å². The van der Waals surface area contributed by atoms with Gasteiger partial charge in [-0.2, -0.15) is 0 Å². The Labute approximate surface area is 173 Å². The van der Waals surface area contributed by atoms with Crippen LogP contribution in [0.1, 0.15) is 34.0 Å². The normalized spacial score (nSPS) is 12.1. The van der Waals surface area contributed by atoms with Crippen molar-refractivity contribution in [3.63, 3.8) is 0 Å². The summed E-state index contributed by atoms with van der Waals surface area (Å²) in [6.45, 7) is 1.36. The summed E-state index contributed by atoms with van der Waals surface area (Å²) >= 11 is 6.23. The third-order valence-corrected chi connectivity index (χ3v) is 4.68. The second-order valence-corrected chi connectivity index (χ2v) is 6.96. The lowest BCUT2D eigenvalue weighted by Crippen LogP contribution is -2.11. The summed E-state index contributed by atoms with van der Waals surface area (Å²) in [5.74, 6) is -0.104. The Kier molecular flexibility index (Phi) is 5.05. The van der Waals surface area contributed by atoms with Gasteiger partial charge < -0.3 is 10.1 Å². The molecule has 0 atom stereocenters. The van der Waals surface area contributed by atoms with Crippen LogP contribution in [0.4, 0.5) is 5.69 Å². The Balaban J connectivity index is 1.91. The summed E-state index contributed by atoms with van der Waals surface area (Å²) in [6, 6.07) is 19.8. The van der Waals surface area contributed by atoms with Gasteiger partial charge in [0.2, 0.25) is 0 Å². The van der Waals surface area contributed by atoms with Gasteiger partial charge in [0.1, 0.15) is 5.75 Å². The highest BCUT2D eigenvalue weighted by molar-refractivity contribution is 6.31. The molecule has 4 nitrogen and oxygen atoms in total.